The van der Waals surface area contributed by atoms with E-state index in [2.05, 4.69) is 21.4 Å². The van der Waals surface area contributed by atoms with Gasteiger partial charge in [-0.3, -0.25) is 4.79 Å². The van der Waals surface area contributed by atoms with E-state index in [-0.39, 0.29) is 5.56 Å². The van der Waals surface area contributed by atoms with E-state index < -0.39 is 37.0 Å². The Bertz CT molecular complexity index is 1150. The van der Waals surface area contributed by atoms with Gasteiger partial charge < -0.3 is 10.2 Å². The van der Waals surface area contributed by atoms with Crippen molar-refractivity contribution < 1.29 is 18.0 Å². The smallest absolute Gasteiger partial charge is 0.221 e. The van der Waals surface area contributed by atoms with Crippen LogP contribution in [0.1, 0.15) is 24.0 Å². The van der Waals surface area contributed by atoms with Gasteiger partial charge in [0.25, 0.3) is 0 Å². The van der Waals surface area contributed by atoms with Gasteiger partial charge in [0.1, 0.15) is 12.0 Å². The predicted octanol–water partition coefficient (Wildman–Crippen LogP) is 4.22. The molecule has 1 fully saturated rings. The number of amides is 1. The van der Waals surface area contributed by atoms with Crippen molar-refractivity contribution in [3.8, 4) is 6.07 Å². The lowest BCUT2D eigenvalue weighted by Gasteiger charge is -2.39. The lowest BCUT2D eigenvalue weighted by atomic mass is 9.86. The zero-order valence-corrected chi connectivity index (χ0v) is 16.5. The summed E-state index contributed by atoms with van der Waals surface area (Å²) in [5, 5.41) is 12.5. The maximum atomic E-state index is 14.7. The Morgan fingerprint density at radius 2 is 2.10 bits per heavy atom. The molecule has 10 heteroatoms. The quantitative estimate of drug-likeness (QED) is 0.628. The van der Waals surface area contributed by atoms with Crippen LogP contribution in [0.15, 0.2) is 36.5 Å². The summed E-state index contributed by atoms with van der Waals surface area (Å²) in [4.78, 5) is 20.5. The number of pyridine rings is 1. The molecule has 3 heterocycles. The monoisotopic (exact) mass is 431 g/mol. The predicted molar refractivity (Wildman–Crippen MR) is 107 cm³/mol. The molecule has 1 aliphatic rings. The Morgan fingerprint density at radius 1 is 1.30 bits per heavy atom. The van der Waals surface area contributed by atoms with Gasteiger partial charge in [0.2, 0.25) is 12.2 Å². The number of nitrogens with zero attached hydrogens (tertiary/aromatic N) is 4. The van der Waals surface area contributed by atoms with Gasteiger partial charge >= 0.3 is 0 Å². The summed E-state index contributed by atoms with van der Waals surface area (Å²) in [5.41, 5.74) is 1.45. The summed E-state index contributed by atoms with van der Waals surface area (Å²) in [5.74, 6) is -1.76. The molecule has 0 radical (unpaired) electrons. The van der Waals surface area contributed by atoms with Gasteiger partial charge in [-0.05, 0) is 35.9 Å². The maximum Gasteiger partial charge on any atom is 0.221 e. The third kappa shape index (κ3) is 3.68. The van der Waals surface area contributed by atoms with Crippen molar-refractivity contribution in [3.63, 3.8) is 0 Å². The molecule has 1 amide bonds. The molecule has 4 atom stereocenters. The van der Waals surface area contributed by atoms with Crippen LogP contribution >= 0.6 is 11.3 Å². The molecular weight excluding hydrogens is 415 g/mol. The standard InChI is InChI=1S/C20H16F3N5OS/c1-10(29)28-9-13(21)17(18(22)19(28)23)12-4-5-25-16(7-12)27-20-26-14-3-2-11(8-24)6-15(14)30-20/h2-7,13,17-19H,9H2,1H3,(H,25,26,27). The normalized spacial score (nSPS) is 23.9. The molecule has 30 heavy (non-hydrogen) atoms. The van der Waals surface area contributed by atoms with Crippen LogP contribution in [0.3, 0.4) is 0 Å². The molecule has 6 nitrogen and oxygen atoms in total. The van der Waals surface area contributed by atoms with E-state index in [0.717, 1.165) is 11.6 Å². The highest BCUT2D eigenvalue weighted by Gasteiger charge is 2.46. The third-order valence-electron chi connectivity index (χ3n) is 4.99. The number of nitrogens with one attached hydrogen (secondary N) is 1. The van der Waals surface area contributed by atoms with Crippen molar-refractivity contribution in [1.82, 2.24) is 14.9 Å². The number of carbonyl (C=O) groups excluding carboxylic acids is 1. The zero-order chi connectivity index (χ0) is 21.4. The lowest BCUT2D eigenvalue weighted by Crippen LogP contribution is -2.54. The number of benzene rings is 1. The first-order valence-corrected chi connectivity index (χ1v) is 9.92. The van der Waals surface area contributed by atoms with Crippen molar-refractivity contribution in [2.75, 3.05) is 11.9 Å². The van der Waals surface area contributed by atoms with E-state index in [1.54, 1.807) is 18.2 Å². The van der Waals surface area contributed by atoms with Gasteiger partial charge in [-0.25, -0.2) is 23.1 Å². The number of piperidine rings is 1. The van der Waals surface area contributed by atoms with Gasteiger partial charge in [0.05, 0.1) is 34.3 Å². The Kier molecular flexibility index (Phi) is 5.30. The van der Waals surface area contributed by atoms with Crippen molar-refractivity contribution in [1.29, 1.82) is 5.26 Å². The van der Waals surface area contributed by atoms with Crippen LogP contribution in [-0.2, 0) is 4.79 Å². The Labute approximate surface area is 174 Å². The number of thiazole rings is 1. The first-order valence-electron chi connectivity index (χ1n) is 9.10. The number of likely N-dealkylation sites (tertiary alicyclic amines) is 1. The lowest BCUT2D eigenvalue weighted by molar-refractivity contribution is -0.145. The molecule has 2 aromatic heterocycles. The van der Waals surface area contributed by atoms with Crippen LogP contribution in [0.25, 0.3) is 10.2 Å². The van der Waals surface area contributed by atoms with E-state index in [4.69, 9.17) is 5.26 Å². The van der Waals surface area contributed by atoms with E-state index in [1.165, 1.54) is 29.7 Å². The van der Waals surface area contributed by atoms with Gasteiger partial charge in [0, 0.05) is 13.1 Å². The van der Waals surface area contributed by atoms with E-state index in [0.29, 0.717) is 26.9 Å². The SMILES string of the molecule is CC(=O)N1CC(F)C(c2ccnc(Nc3nc4ccc(C#N)cc4s3)c2)C(F)C1F. The van der Waals surface area contributed by atoms with Crippen LogP contribution in [0.5, 0.6) is 0 Å². The summed E-state index contributed by atoms with van der Waals surface area (Å²) >= 11 is 1.30. The largest absolute Gasteiger partial charge is 0.316 e. The minimum Gasteiger partial charge on any atom is -0.316 e. The summed E-state index contributed by atoms with van der Waals surface area (Å²) in [6.07, 6.45) is -4.77. The number of hydrogen-bond donors (Lipinski definition) is 1. The minimum atomic E-state index is -2.21. The average Bonchev–Trinajstić information content (AvgIpc) is 3.12. The topological polar surface area (TPSA) is 81.9 Å². The molecular formula is C20H16F3N5OS. The number of aromatic nitrogens is 2. The molecule has 4 rings (SSSR count). The molecule has 3 aromatic rings. The van der Waals surface area contributed by atoms with Crippen molar-refractivity contribution >= 4 is 38.4 Å². The Morgan fingerprint density at radius 3 is 2.83 bits per heavy atom. The number of alkyl halides is 3. The Hall–Kier alpha value is -3.19. The van der Waals surface area contributed by atoms with Gasteiger partial charge in [0.15, 0.2) is 11.3 Å². The van der Waals surface area contributed by atoms with Crippen LogP contribution in [0, 0.1) is 11.3 Å². The second kappa shape index (κ2) is 7.91. The van der Waals surface area contributed by atoms with E-state index in [9.17, 15) is 18.0 Å². The number of fused-ring (bicyclic) bond motifs is 1. The molecule has 0 aliphatic carbocycles. The number of nitriles is 1. The van der Waals surface area contributed by atoms with Crippen LogP contribution in [0.2, 0.25) is 0 Å². The second-order valence-corrected chi connectivity index (χ2v) is 7.97. The number of carbonyl (C=O) groups is 1. The fourth-order valence-corrected chi connectivity index (χ4v) is 4.43. The molecule has 4 unspecified atom stereocenters. The van der Waals surface area contributed by atoms with Gasteiger partial charge in [-0.15, -0.1) is 0 Å². The van der Waals surface area contributed by atoms with Gasteiger partial charge in [-0.2, -0.15) is 5.26 Å². The molecule has 1 saturated heterocycles. The summed E-state index contributed by atoms with van der Waals surface area (Å²) < 4.78 is 44.5. The molecule has 154 valence electrons. The fraction of sp³-hybridized carbons (Fsp3) is 0.300. The number of hydrogen-bond acceptors (Lipinski definition) is 6. The van der Waals surface area contributed by atoms with Crippen molar-refractivity contribution in [3.05, 3.63) is 47.7 Å². The molecule has 1 aliphatic heterocycles. The van der Waals surface area contributed by atoms with E-state index in [1.807, 2.05) is 0 Å². The first kappa shape index (κ1) is 20.1. The van der Waals surface area contributed by atoms with Crippen LogP contribution in [-0.4, -0.2) is 46.0 Å². The second-order valence-electron chi connectivity index (χ2n) is 6.94. The van der Waals surface area contributed by atoms with Crippen LogP contribution < -0.4 is 5.32 Å². The zero-order valence-electron chi connectivity index (χ0n) is 15.7. The van der Waals surface area contributed by atoms with Crippen LogP contribution in [0.4, 0.5) is 24.1 Å². The molecule has 0 bridgehead atoms. The number of halogens is 3. The third-order valence-corrected chi connectivity index (χ3v) is 5.92. The average molecular weight is 431 g/mol. The Balaban J connectivity index is 1.58. The highest BCUT2D eigenvalue weighted by atomic mass is 32.1. The molecule has 1 aromatic carbocycles. The molecule has 0 spiro atoms. The highest BCUT2D eigenvalue weighted by Crippen LogP contribution is 2.38. The number of anilines is 2. The van der Waals surface area contributed by atoms with Crippen molar-refractivity contribution in [2.45, 2.75) is 31.5 Å². The fourth-order valence-electron chi connectivity index (χ4n) is 3.52. The first-order chi connectivity index (χ1) is 14.4. The minimum absolute atomic E-state index is 0.242. The summed E-state index contributed by atoms with van der Waals surface area (Å²) in [6, 6.07) is 10.1. The van der Waals surface area contributed by atoms with Gasteiger partial charge in [-0.1, -0.05) is 11.3 Å². The maximum absolute atomic E-state index is 14.7. The molecule has 1 N–H and O–H groups in total. The highest BCUT2D eigenvalue weighted by molar-refractivity contribution is 7.22. The molecule has 0 saturated carbocycles. The van der Waals surface area contributed by atoms with E-state index >= 15 is 0 Å². The summed E-state index contributed by atoms with van der Waals surface area (Å²) in [7, 11) is 0. The number of rotatable bonds is 3. The van der Waals surface area contributed by atoms with Crippen molar-refractivity contribution in [2.24, 2.45) is 0 Å². The summed E-state index contributed by atoms with van der Waals surface area (Å²) in [6.45, 7) is 0.574.